The van der Waals surface area contributed by atoms with Gasteiger partial charge in [-0.2, -0.15) is 0 Å². The third-order valence-electron chi connectivity index (χ3n) is 8.90. The summed E-state index contributed by atoms with van der Waals surface area (Å²) in [5.41, 5.74) is 0. The van der Waals surface area contributed by atoms with E-state index in [1.807, 2.05) is 73.6 Å². The summed E-state index contributed by atoms with van der Waals surface area (Å²) in [6, 6.07) is 5.74. The van der Waals surface area contributed by atoms with Crippen molar-refractivity contribution in [3.05, 3.63) is 24.4 Å². The van der Waals surface area contributed by atoms with E-state index in [9.17, 15) is 19.2 Å². The molecule has 12 nitrogen and oxygen atoms in total. The number of hydrogen-bond acceptors (Lipinski definition) is 16. The van der Waals surface area contributed by atoms with Crippen LogP contribution in [-0.2, 0) is 38.1 Å². The molecular weight excluding hydrogens is 877 g/mol. The highest BCUT2D eigenvalue weighted by Crippen LogP contribution is 2.31. The largest absolute Gasteiger partial charge is 0.465 e. The standard InChI is InChI=1S/C21H39NO5S3.C21H33NO5S2.2CH4.H2/c1-7-22(8-2)21(28)30-29-12-11-27-20(25)18(16(5)6)14-17(13-15(3)4)19(24)26-10-9-23;1-15(2)13-17(20(24)26-10-9-23)14-18(16(3)4)21(25)27-11-12-28-29-19-7-5-6-8-22-19;;;/h15-18,23H,7-14H2,1-6H3;5-8,15-18,23H,9-14H2,1-4H3;2*1H4;1H/i;;1T;;1+1D. The van der Waals surface area contributed by atoms with E-state index >= 15 is 0 Å². The predicted octanol–water partition coefficient (Wildman–Crippen LogP) is 10.1. The number of carbonyl (C=O) groups is 4. The van der Waals surface area contributed by atoms with Gasteiger partial charge in [-0.1, -0.05) is 110 Å². The Labute approximate surface area is 394 Å². The maximum Gasteiger partial charge on any atom is 0.309 e. The van der Waals surface area contributed by atoms with E-state index in [4.69, 9.17) is 45.7 Å². The van der Waals surface area contributed by atoms with Gasteiger partial charge in [0.15, 0.2) is 0 Å². The van der Waals surface area contributed by atoms with Crippen LogP contribution in [0.1, 0.15) is 114 Å². The Balaban J connectivity index is -0.000000514. The van der Waals surface area contributed by atoms with Gasteiger partial charge in [-0.15, -0.1) is 0 Å². The normalized spacial score (nSPS) is 13.1. The second kappa shape index (κ2) is 38.7. The number of thiocarbonyl (C=S) groups is 1. The molecule has 61 heavy (non-hydrogen) atoms. The van der Waals surface area contributed by atoms with E-state index in [-0.39, 0.29) is 93.2 Å². The van der Waals surface area contributed by atoms with Gasteiger partial charge in [-0.3, -0.25) is 19.2 Å². The molecule has 0 bridgehead atoms. The van der Waals surface area contributed by atoms with Crippen LogP contribution in [0.25, 0.3) is 0 Å². The fourth-order valence-corrected chi connectivity index (χ4v) is 10.00. The number of pyridine rings is 1. The highest BCUT2D eigenvalue weighted by Gasteiger charge is 2.33. The summed E-state index contributed by atoms with van der Waals surface area (Å²) in [6.07, 6.45) is 3.81. The molecule has 4 unspecified atom stereocenters. The van der Waals surface area contributed by atoms with Gasteiger partial charge in [0.25, 0.3) is 0 Å². The van der Waals surface area contributed by atoms with E-state index in [2.05, 4.69) is 23.7 Å². The zero-order chi connectivity index (χ0) is 48.8. The molecular formula is C44H82N2O10S5. The summed E-state index contributed by atoms with van der Waals surface area (Å²) < 4.78 is 37.8. The minimum Gasteiger partial charge on any atom is -0.465 e. The Kier molecular flexibility index (Phi) is 37.6. The van der Waals surface area contributed by atoms with E-state index < -0.39 is 0 Å². The first kappa shape index (κ1) is 59.2. The van der Waals surface area contributed by atoms with E-state index in [1.165, 1.54) is 18.2 Å². The number of aromatic nitrogens is 1. The number of nitrogens with zero attached hydrogens (tertiary/aromatic N) is 2. The molecule has 0 saturated carbocycles. The fourth-order valence-electron chi connectivity index (χ4n) is 5.83. The molecule has 4 atom stereocenters. The molecule has 0 aliphatic rings. The lowest BCUT2D eigenvalue weighted by atomic mass is 9.83. The first-order valence-corrected chi connectivity index (χ1v) is 25.7. The molecule has 1 aromatic rings. The van der Waals surface area contributed by atoms with Crippen LogP contribution in [0.5, 0.6) is 0 Å². The topological polar surface area (TPSA) is 162 Å². The number of hydrogen-bond donors (Lipinski definition) is 2. The molecule has 0 spiro atoms. The van der Waals surface area contributed by atoms with Crippen molar-refractivity contribution < 1.29 is 52.7 Å². The van der Waals surface area contributed by atoms with Crippen molar-refractivity contribution in [1.29, 1.82) is 0 Å². The van der Waals surface area contributed by atoms with Crippen molar-refractivity contribution in [2.24, 2.45) is 47.3 Å². The number of esters is 4. The van der Waals surface area contributed by atoms with Gasteiger partial charge in [0.1, 0.15) is 35.8 Å². The van der Waals surface area contributed by atoms with Crippen LogP contribution in [0.2, 0.25) is 0 Å². The molecule has 0 aromatic carbocycles. The Hall–Kier alpha value is -1.76. The highest BCUT2D eigenvalue weighted by atomic mass is 33.1. The number of rotatable bonds is 29. The maximum absolute atomic E-state index is 12.7. The van der Waals surface area contributed by atoms with Gasteiger partial charge in [-0.25, -0.2) is 4.98 Å². The van der Waals surface area contributed by atoms with Crippen LogP contribution >= 0.6 is 55.4 Å². The molecule has 358 valence electrons. The zero-order valence-electron chi connectivity index (χ0n) is 40.9. The van der Waals surface area contributed by atoms with E-state index in [1.54, 1.807) is 38.6 Å². The Morgan fingerprint density at radius 2 is 1.15 bits per heavy atom. The summed E-state index contributed by atoms with van der Waals surface area (Å²) in [4.78, 5) is 56.4. The summed E-state index contributed by atoms with van der Waals surface area (Å²) in [7, 11) is 7.49. The maximum atomic E-state index is 12.7. The Bertz CT molecular complexity index is 1320. The molecule has 0 fully saturated rings. The molecule has 2 N–H and O–H groups in total. The van der Waals surface area contributed by atoms with Crippen molar-refractivity contribution in [2.45, 2.75) is 115 Å². The van der Waals surface area contributed by atoms with Crippen LogP contribution in [0, 0.1) is 47.3 Å². The molecule has 0 aliphatic heterocycles. The van der Waals surface area contributed by atoms with Gasteiger partial charge in [-0.05, 0) is 96.9 Å². The quantitative estimate of drug-likeness (QED) is 0.0256. The predicted molar refractivity (Wildman–Crippen MR) is 263 cm³/mol. The lowest BCUT2D eigenvalue weighted by Crippen LogP contribution is -2.30. The van der Waals surface area contributed by atoms with Crippen molar-refractivity contribution in [3.8, 4) is 0 Å². The molecule has 1 rings (SSSR count). The third kappa shape index (κ3) is 30.1. The van der Waals surface area contributed by atoms with Gasteiger partial charge in [0, 0.05) is 35.1 Å². The molecule has 0 amide bonds. The van der Waals surface area contributed by atoms with Crippen molar-refractivity contribution in [2.75, 3.05) is 64.2 Å². The lowest BCUT2D eigenvalue weighted by Gasteiger charge is -2.25. The summed E-state index contributed by atoms with van der Waals surface area (Å²) in [6.45, 7) is 22.1. The molecule has 0 saturated heterocycles. The number of carbonyl (C=O) groups excluding carboxylic acids is 4. The zero-order valence-corrected chi connectivity index (χ0v) is 42.0. The summed E-state index contributed by atoms with van der Waals surface area (Å²) in [5.74, 6) is -0.744. The van der Waals surface area contributed by atoms with E-state index in [0.29, 0.717) is 62.2 Å². The summed E-state index contributed by atoms with van der Waals surface area (Å²) >= 11 is 5.39. The van der Waals surface area contributed by atoms with Crippen molar-refractivity contribution in [1.82, 2.24) is 9.88 Å². The average Bonchev–Trinajstić information content (AvgIpc) is 3.26. The second-order valence-electron chi connectivity index (χ2n) is 15.4. The van der Waals surface area contributed by atoms with Crippen molar-refractivity contribution in [3.63, 3.8) is 0 Å². The van der Waals surface area contributed by atoms with Crippen LogP contribution < -0.4 is 0 Å². The monoisotopic (exact) mass is 962 g/mol. The van der Waals surface area contributed by atoms with Crippen LogP contribution in [0.4, 0.5) is 0 Å². The first-order valence-electron chi connectivity index (χ1n) is 22.7. The Morgan fingerprint density at radius 1 is 0.721 bits per heavy atom. The molecule has 0 radical (unpaired) electrons. The molecule has 0 aliphatic carbocycles. The molecule has 1 heterocycles. The number of ether oxygens (including phenoxy) is 4. The van der Waals surface area contributed by atoms with Gasteiger partial charge in [0.2, 0.25) is 0 Å². The lowest BCUT2D eigenvalue weighted by molar-refractivity contribution is -0.156. The van der Waals surface area contributed by atoms with Crippen molar-refractivity contribution >= 4 is 83.6 Å². The van der Waals surface area contributed by atoms with Crippen LogP contribution in [0.3, 0.4) is 0 Å². The molecule has 1 aromatic heterocycles. The minimum atomic E-state index is -0.382. The summed E-state index contributed by atoms with van der Waals surface area (Å²) in [5, 5.41) is 18.7. The van der Waals surface area contributed by atoms with Gasteiger partial charge >= 0.3 is 23.9 Å². The smallest absolute Gasteiger partial charge is 0.309 e. The van der Waals surface area contributed by atoms with Crippen LogP contribution in [-0.4, -0.2) is 113 Å². The highest BCUT2D eigenvalue weighted by molar-refractivity contribution is 8.83. The molecule has 17 heteroatoms. The third-order valence-corrected chi connectivity index (χ3v) is 14.1. The SMILES string of the molecule is C.CC(C)CC(CC(C(=O)OCCSSc1ccccn1)C(C)C)C(=O)OCCO.CCN(CC)C(=S)SSCCOC(=O)C(CC(CC(C)C)C(=O)OCCO)C(C)C.[2H][2H].[3H]C. The second-order valence-corrected chi connectivity index (χ2v) is 20.8. The van der Waals surface area contributed by atoms with Crippen LogP contribution in [0.15, 0.2) is 29.4 Å². The minimum absolute atomic E-state index is 0. The number of aliphatic hydroxyl groups excluding tert-OH is 2. The average molecular weight is 963 g/mol. The number of aliphatic hydroxyl groups is 2. The van der Waals surface area contributed by atoms with E-state index in [0.717, 1.165) is 22.4 Å². The Morgan fingerprint density at radius 3 is 1.51 bits per heavy atom. The van der Waals surface area contributed by atoms with Gasteiger partial charge < -0.3 is 34.1 Å². The first-order chi connectivity index (χ1) is 30.0. The fraction of sp³-hybridized carbons (Fsp3) is 0.773. The van der Waals surface area contributed by atoms with Gasteiger partial charge in [0.05, 0.1) is 36.9 Å².